The zero-order valence-corrected chi connectivity index (χ0v) is 11.0. The van der Waals surface area contributed by atoms with Gasteiger partial charge in [-0.15, -0.1) is 0 Å². The third-order valence-corrected chi connectivity index (χ3v) is 4.56. The average Bonchev–Trinajstić information content (AvgIpc) is 2.76. The Morgan fingerprint density at radius 1 is 1.56 bits per heavy atom. The van der Waals surface area contributed by atoms with Gasteiger partial charge in [-0.25, -0.2) is 4.37 Å². The number of amides is 1. The second kappa shape index (κ2) is 4.95. The van der Waals surface area contributed by atoms with Gasteiger partial charge in [-0.1, -0.05) is 0 Å². The van der Waals surface area contributed by atoms with Crippen LogP contribution in [0.1, 0.15) is 11.3 Å². The number of ether oxygens (including phenoxy) is 1. The molecule has 6 heteroatoms. The quantitative estimate of drug-likeness (QED) is 0.854. The molecular weight excluding hydrogens is 250 g/mol. The maximum absolute atomic E-state index is 11.5. The number of carbonyl (C=O) groups is 1. The highest BCUT2D eigenvalue weighted by atomic mass is 32.1. The zero-order valence-electron chi connectivity index (χ0n) is 10.2. The van der Waals surface area contributed by atoms with Gasteiger partial charge in [-0.05, 0) is 24.0 Å². The van der Waals surface area contributed by atoms with Gasteiger partial charge in [0.25, 0.3) is 0 Å². The van der Waals surface area contributed by atoms with Crippen molar-refractivity contribution in [2.45, 2.75) is 18.4 Å². The van der Waals surface area contributed by atoms with E-state index in [2.05, 4.69) is 20.7 Å². The fourth-order valence-corrected chi connectivity index (χ4v) is 3.09. The molecular formula is C12H17N3O2S. The van der Waals surface area contributed by atoms with E-state index in [-0.39, 0.29) is 11.4 Å². The Balaban J connectivity index is 1.65. The minimum atomic E-state index is 0.0385. The van der Waals surface area contributed by atoms with Crippen LogP contribution in [0.15, 0.2) is 12.3 Å². The molecule has 1 spiro atoms. The van der Waals surface area contributed by atoms with Gasteiger partial charge in [0.05, 0.1) is 18.8 Å². The van der Waals surface area contributed by atoms with Crippen LogP contribution < -0.4 is 5.32 Å². The molecule has 0 aliphatic carbocycles. The van der Waals surface area contributed by atoms with Gasteiger partial charge in [-0.3, -0.25) is 9.69 Å². The monoisotopic (exact) mass is 267 g/mol. The van der Waals surface area contributed by atoms with Crippen LogP contribution in [0, 0.1) is 0 Å². The molecule has 2 aliphatic heterocycles. The first kappa shape index (κ1) is 12.1. The molecule has 0 unspecified atom stereocenters. The Morgan fingerprint density at radius 2 is 2.44 bits per heavy atom. The summed E-state index contributed by atoms with van der Waals surface area (Å²) >= 11 is 1.55. The van der Waals surface area contributed by atoms with Gasteiger partial charge in [0, 0.05) is 37.1 Å². The van der Waals surface area contributed by atoms with E-state index in [1.807, 2.05) is 6.20 Å². The van der Waals surface area contributed by atoms with Crippen molar-refractivity contribution < 1.29 is 9.53 Å². The molecule has 2 fully saturated rings. The molecule has 1 aromatic rings. The summed E-state index contributed by atoms with van der Waals surface area (Å²) < 4.78 is 9.49. The van der Waals surface area contributed by atoms with Crippen molar-refractivity contribution in [3.8, 4) is 0 Å². The molecule has 1 aromatic heterocycles. The van der Waals surface area contributed by atoms with Crippen molar-refractivity contribution in [1.29, 1.82) is 0 Å². The van der Waals surface area contributed by atoms with Gasteiger partial charge in [0.1, 0.15) is 0 Å². The van der Waals surface area contributed by atoms with Crippen LogP contribution in [0.5, 0.6) is 0 Å². The minimum Gasteiger partial charge on any atom is -0.377 e. The van der Waals surface area contributed by atoms with Crippen LogP contribution in [0.25, 0.3) is 0 Å². The lowest BCUT2D eigenvalue weighted by molar-refractivity contribution is -0.134. The molecule has 18 heavy (non-hydrogen) atoms. The van der Waals surface area contributed by atoms with E-state index >= 15 is 0 Å². The Labute approximate surface area is 110 Å². The fraction of sp³-hybridized carbons (Fsp3) is 0.667. The molecule has 0 saturated carbocycles. The lowest BCUT2D eigenvalue weighted by Crippen LogP contribution is -2.66. The third-order valence-electron chi connectivity index (χ3n) is 3.76. The normalized spacial score (nSPS) is 23.4. The van der Waals surface area contributed by atoms with Crippen LogP contribution in [-0.4, -0.2) is 53.6 Å². The van der Waals surface area contributed by atoms with Crippen molar-refractivity contribution in [2.24, 2.45) is 0 Å². The first-order valence-corrected chi connectivity index (χ1v) is 7.05. The highest BCUT2D eigenvalue weighted by Crippen LogP contribution is 2.27. The maximum Gasteiger partial charge on any atom is 0.221 e. The minimum absolute atomic E-state index is 0.0385. The SMILES string of the molecule is O=C1CCN(CCc2ccns2)C2(CN1)COC2. The first-order valence-electron chi connectivity index (χ1n) is 6.28. The molecule has 2 aliphatic rings. The molecule has 0 bridgehead atoms. The maximum atomic E-state index is 11.5. The summed E-state index contributed by atoms with van der Waals surface area (Å²) in [7, 11) is 0. The fourth-order valence-electron chi connectivity index (χ4n) is 2.52. The van der Waals surface area contributed by atoms with E-state index in [1.54, 1.807) is 11.5 Å². The number of hydrogen-bond donors (Lipinski definition) is 1. The Kier molecular flexibility index (Phi) is 3.32. The molecule has 1 N–H and O–H groups in total. The molecule has 0 atom stereocenters. The van der Waals surface area contributed by atoms with Crippen molar-refractivity contribution in [3.63, 3.8) is 0 Å². The average molecular weight is 267 g/mol. The van der Waals surface area contributed by atoms with Gasteiger partial charge in [0.15, 0.2) is 0 Å². The molecule has 3 heterocycles. The summed E-state index contributed by atoms with van der Waals surface area (Å²) in [6.45, 7) is 3.98. The van der Waals surface area contributed by atoms with Crippen molar-refractivity contribution in [1.82, 2.24) is 14.6 Å². The van der Waals surface area contributed by atoms with E-state index in [0.717, 1.165) is 32.7 Å². The van der Waals surface area contributed by atoms with Gasteiger partial charge < -0.3 is 10.1 Å². The predicted molar refractivity (Wildman–Crippen MR) is 68.6 cm³/mol. The molecule has 1 amide bonds. The van der Waals surface area contributed by atoms with Gasteiger partial charge in [0.2, 0.25) is 5.91 Å². The van der Waals surface area contributed by atoms with E-state index in [0.29, 0.717) is 13.0 Å². The van der Waals surface area contributed by atoms with E-state index < -0.39 is 0 Å². The van der Waals surface area contributed by atoms with Gasteiger partial charge >= 0.3 is 0 Å². The summed E-state index contributed by atoms with van der Waals surface area (Å²) in [6.07, 6.45) is 3.43. The van der Waals surface area contributed by atoms with E-state index in [1.165, 1.54) is 4.88 Å². The predicted octanol–water partition coefficient (Wildman–Crippen LogP) is 0.277. The Bertz CT molecular complexity index is 417. The molecule has 2 saturated heterocycles. The first-order chi connectivity index (χ1) is 8.78. The molecule has 98 valence electrons. The summed E-state index contributed by atoms with van der Waals surface area (Å²) in [6, 6.07) is 2.07. The van der Waals surface area contributed by atoms with Crippen molar-refractivity contribution in [2.75, 3.05) is 32.8 Å². The van der Waals surface area contributed by atoms with Crippen LogP contribution in [0.3, 0.4) is 0 Å². The second-order valence-electron chi connectivity index (χ2n) is 4.96. The van der Waals surface area contributed by atoms with Crippen molar-refractivity contribution >= 4 is 17.4 Å². The third kappa shape index (κ3) is 2.28. The van der Waals surface area contributed by atoms with Crippen molar-refractivity contribution in [3.05, 3.63) is 17.1 Å². The van der Waals surface area contributed by atoms with Crippen LogP contribution >= 0.6 is 11.5 Å². The smallest absolute Gasteiger partial charge is 0.221 e. The highest BCUT2D eigenvalue weighted by Gasteiger charge is 2.45. The van der Waals surface area contributed by atoms with Gasteiger partial charge in [-0.2, -0.15) is 0 Å². The standard InChI is InChI=1S/C12H17N3O2S/c16-11-3-6-15(5-2-10-1-4-14-18-10)12(7-13-11)8-17-9-12/h1,4H,2-3,5-9H2,(H,13,16). The number of hydrogen-bond acceptors (Lipinski definition) is 5. The molecule has 3 rings (SSSR count). The van der Waals surface area contributed by atoms with Crippen LogP contribution in [0.2, 0.25) is 0 Å². The highest BCUT2D eigenvalue weighted by molar-refractivity contribution is 7.05. The number of carbonyl (C=O) groups excluding carboxylic acids is 1. The van der Waals surface area contributed by atoms with Crippen LogP contribution in [-0.2, 0) is 16.0 Å². The second-order valence-corrected chi connectivity index (χ2v) is 5.88. The lowest BCUT2D eigenvalue weighted by Gasteiger charge is -2.48. The van der Waals surface area contributed by atoms with E-state index in [9.17, 15) is 4.79 Å². The summed E-state index contributed by atoms with van der Waals surface area (Å²) in [5.74, 6) is 0.154. The molecule has 0 aromatic carbocycles. The number of rotatable bonds is 3. The number of aromatic nitrogens is 1. The summed E-state index contributed by atoms with van der Waals surface area (Å²) in [4.78, 5) is 15.2. The molecule has 5 nitrogen and oxygen atoms in total. The lowest BCUT2D eigenvalue weighted by atomic mass is 9.94. The topological polar surface area (TPSA) is 54.5 Å². The largest absolute Gasteiger partial charge is 0.377 e. The van der Waals surface area contributed by atoms with Crippen LogP contribution in [0.4, 0.5) is 0 Å². The van der Waals surface area contributed by atoms with E-state index in [4.69, 9.17) is 4.74 Å². The zero-order chi connectivity index (χ0) is 12.4. The number of nitrogens with one attached hydrogen (secondary N) is 1. The summed E-state index contributed by atoms with van der Waals surface area (Å²) in [5.41, 5.74) is 0.0385. The Hall–Kier alpha value is -0.980. The summed E-state index contributed by atoms with van der Waals surface area (Å²) in [5, 5.41) is 2.99. The molecule has 0 radical (unpaired) electrons. The number of nitrogens with zero attached hydrogens (tertiary/aromatic N) is 2. The Morgan fingerprint density at radius 3 is 3.11 bits per heavy atom.